The van der Waals surface area contributed by atoms with Crippen LogP contribution in [0.25, 0.3) is 0 Å². The van der Waals surface area contributed by atoms with E-state index < -0.39 is 11.5 Å². The molecule has 0 aliphatic heterocycles. The number of hydrogen-bond acceptors (Lipinski definition) is 4. The fourth-order valence-electron chi connectivity index (χ4n) is 1.55. The average molecular weight is 252 g/mol. The monoisotopic (exact) mass is 252 g/mol. The van der Waals surface area contributed by atoms with Gasteiger partial charge in [-0.3, -0.25) is 15.1 Å². The number of nitrogens with zero attached hydrogens (tertiary/aromatic N) is 1. The number of aliphatic carboxylic acids is 1. The van der Waals surface area contributed by atoms with Gasteiger partial charge in [0.25, 0.3) is 0 Å². The van der Waals surface area contributed by atoms with Crippen molar-refractivity contribution < 1.29 is 14.6 Å². The van der Waals surface area contributed by atoms with Crippen LogP contribution in [0.5, 0.6) is 5.75 Å². The van der Waals surface area contributed by atoms with Gasteiger partial charge < -0.3 is 9.84 Å². The van der Waals surface area contributed by atoms with Crippen molar-refractivity contribution >= 4 is 5.97 Å². The van der Waals surface area contributed by atoms with E-state index in [1.807, 2.05) is 19.9 Å². The Labute approximate surface area is 107 Å². The molecule has 5 nitrogen and oxygen atoms in total. The standard InChI is InChI=1S/C13H20N2O3/c1-5-13(3,12(16)17)14-8-10-7-11(18-4)6-9(2)15-10/h6-7,14H,5,8H2,1-4H3,(H,16,17). The predicted molar refractivity (Wildman–Crippen MR) is 68.7 cm³/mol. The second-order valence-corrected chi connectivity index (χ2v) is 4.48. The number of nitrogens with one attached hydrogen (secondary N) is 1. The topological polar surface area (TPSA) is 71.5 Å². The number of rotatable bonds is 6. The molecule has 0 aliphatic carbocycles. The average Bonchev–Trinajstić information content (AvgIpc) is 2.35. The summed E-state index contributed by atoms with van der Waals surface area (Å²) in [4.78, 5) is 15.5. The van der Waals surface area contributed by atoms with E-state index in [1.54, 1.807) is 20.1 Å². The maximum atomic E-state index is 11.2. The van der Waals surface area contributed by atoms with Gasteiger partial charge in [-0.25, -0.2) is 0 Å². The van der Waals surface area contributed by atoms with Gasteiger partial charge in [0, 0.05) is 24.4 Å². The summed E-state index contributed by atoms with van der Waals surface area (Å²) in [5, 5.41) is 12.2. The Morgan fingerprint density at radius 3 is 2.72 bits per heavy atom. The number of aryl methyl sites for hydroxylation is 1. The van der Waals surface area contributed by atoms with Gasteiger partial charge in [0.15, 0.2) is 0 Å². The van der Waals surface area contributed by atoms with Crippen molar-refractivity contribution in [2.45, 2.75) is 39.3 Å². The van der Waals surface area contributed by atoms with Crippen LogP contribution >= 0.6 is 0 Å². The van der Waals surface area contributed by atoms with Crippen LogP contribution in [0, 0.1) is 6.92 Å². The van der Waals surface area contributed by atoms with Crippen LogP contribution in [-0.4, -0.2) is 28.7 Å². The summed E-state index contributed by atoms with van der Waals surface area (Å²) in [6.07, 6.45) is 0.505. The molecule has 1 atom stereocenters. The lowest BCUT2D eigenvalue weighted by molar-refractivity contribution is -0.144. The Morgan fingerprint density at radius 1 is 1.56 bits per heavy atom. The van der Waals surface area contributed by atoms with Crippen LogP contribution < -0.4 is 10.1 Å². The fraction of sp³-hybridized carbons (Fsp3) is 0.538. The third-order valence-corrected chi connectivity index (χ3v) is 3.05. The van der Waals surface area contributed by atoms with E-state index in [2.05, 4.69) is 10.3 Å². The fourth-order valence-corrected chi connectivity index (χ4v) is 1.55. The lowest BCUT2D eigenvalue weighted by Crippen LogP contribution is -2.48. The first-order valence-corrected chi connectivity index (χ1v) is 5.91. The van der Waals surface area contributed by atoms with Crippen molar-refractivity contribution in [1.29, 1.82) is 0 Å². The molecular formula is C13H20N2O3. The van der Waals surface area contributed by atoms with E-state index in [0.717, 1.165) is 17.1 Å². The summed E-state index contributed by atoms with van der Waals surface area (Å²) >= 11 is 0. The maximum Gasteiger partial charge on any atom is 0.323 e. The minimum absolute atomic E-state index is 0.397. The lowest BCUT2D eigenvalue weighted by atomic mass is 9.99. The zero-order valence-corrected chi connectivity index (χ0v) is 11.3. The van der Waals surface area contributed by atoms with Gasteiger partial charge in [0.2, 0.25) is 0 Å². The molecule has 0 saturated heterocycles. The van der Waals surface area contributed by atoms with Gasteiger partial charge in [0.1, 0.15) is 11.3 Å². The first-order valence-electron chi connectivity index (χ1n) is 5.91. The highest BCUT2D eigenvalue weighted by molar-refractivity contribution is 5.78. The molecule has 0 fully saturated rings. The van der Waals surface area contributed by atoms with Crippen molar-refractivity contribution in [2.24, 2.45) is 0 Å². The Balaban J connectivity index is 2.79. The van der Waals surface area contributed by atoms with E-state index in [9.17, 15) is 4.79 Å². The second kappa shape index (κ2) is 5.82. The molecule has 1 aromatic heterocycles. The van der Waals surface area contributed by atoms with Crippen LogP contribution in [-0.2, 0) is 11.3 Å². The van der Waals surface area contributed by atoms with Gasteiger partial charge in [0.05, 0.1) is 12.8 Å². The molecule has 0 amide bonds. The Hall–Kier alpha value is -1.62. The third kappa shape index (κ3) is 3.43. The molecule has 1 unspecified atom stereocenters. The van der Waals surface area contributed by atoms with E-state index in [1.165, 1.54) is 0 Å². The van der Waals surface area contributed by atoms with E-state index in [0.29, 0.717) is 13.0 Å². The minimum Gasteiger partial charge on any atom is -0.497 e. The molecule has 0 saturated carbocycles. The normalized spacial score (nSPS) is 14.0. The third-order valence-electron chi connectivity index (χ3n) is 3.05. The highest BCUT2D eigenvalue weighted by Crippen LogP contribution is 2.15. The molecule has 18 heavy (non-hydrogen) atoms. The summed E-state index contributed by atoms with van der Waals surface area (Å²) < 4.78 is 5.16. The summed E-state index contributed by atoms with van der Waals surface area (Å²) in [6.45, 7) is 5.78. The number of methoxy groups -OCH3 is 1. The SMILES string of the molecule is CCC(C)(NCc1cc(OC)cc(C)n1)C(=O)O. The second-order valence-electron chi connectivity index (χ2n) is 4.48. The molecule has 0 bridgehead atoms. The molecule has 1 aromatic rings. The zero-order valence-electron chi connectivity index (χ0n) is 11.3. The minimum atomic E-state index is -0.932. The Bertz CT molecular complexity index is 434. The predicted octanol–water partition coefficient (Wildman–Crippen LogP) is 1.74. The van der Waals surface area contributed by atoms with Crippen LogP contribution in [0.4, 0.5) is 0 Å². The van der Waals surface area contributed by atoms with Gasteiger partial charge >= 0.3 is 5.97 Å². The quantitative estimate of drug-likeness (QED) is 0.807. The van der Waals surface area contributed by atoms with Crippen molar-refractivity contribution in [3.8, 4) is 5.75 Å². The number of pyridine rings is 1. The molecule has 1 rings (SSSR count). The molecule has 5 heteroatoms. The first-order chi connectivity index (χ1) is 8.41. The van der Waals surface area contributed by atoms with Gasteiger partial charge in [-0.1, -0.05) is 6.92 Å². The summed E-state index contributed by atoms with van der Waals surface area (Å²) in [5.41, 5.74) is 0.686. The summed E-state index contributed by atoms with van der Waals surface area (Å²) in [6, 6.07) is 3.64. The molecule has 0 radical (unpaired) electrons. The van der Waals surface area contributed by atoms with E-state index in [-0.39, 0.29) is 0 Å². The van der Waals surface area contributed by atoms with Gasteiger partial charge in [-0.15, -0.1) is 0 Å². The highest BCUT2D eigenvalue weighted by atomic mass is 16.5. The van der Waals surface area contributed by atoms with E-state index >= 15 is 0 Å². The molecule has 0 aromatic carbocycles. The molecule has 0 aliphatic rings. The number of carbonyl (C=O) groups is 1. The van der Waals surface area contributed by atoms with Crippen molar-refractivity contribution in [3.05, 3.63) is 23.5 Å². The van der Waals surface area contributed by atoms with Crippen molar-refractivity contribution in [1.82, 2.24) is 10.3 Å². The van der Waals surface area contributed by atoms with Crippen LogP contribution in [0.2, 0.25) is 0 Å². The molecule has 1 heterocycles. The number of hydrogen-bond donors (Lipinski definition) is 2. The zero-order chi connectivity index (χ0) is 13.8. The molecule has 100 valence electrons. The lowest BCUT2D eigenvalue weighted by Gasteiger charge is -2.24. The van der Waals surface area contributed by atoms with Gasteiger partial charge in [-0.05, 0) is 20.3 Å². The largest absolute Gasteiger partial charge is 0.497 e. The summed E-state index contributed by atoms with van der Waals surface area (Å²) in [5.74, 6) is -0.127. The number of carboxylic acid groups (broad SMARTS) is 1. The number of aromatic nitrogens is 1. The maximum absolute atomic E-state index is 11.2. The van der Waals surface area contributed by atoms with Crippen LogP contribution in [0.1, 0.15) is 31.7 Å². The van der Waals surface area contributed by atoms with Crippen molar-refractivity contribution in [2.75, 3.05) is 7.11 Å². The first kappa shape index (κ1) is 14.4. The summed E-state index contributed by atoms with van der Waals surface area (Å²) in [7, 11) is 1.60. The highest BCUT2D eigenvalue weighted by Gasteiger charge is 2.30. The smallest absolute Gasteiger partial charge is 0.323 e. The molecule has 0 spiro atoms. The van der Waals surface area contributed by atoms with Crippen molar-refractivity contribution in [3.63, 3.8) is 0 Å². The Kier molecular flexibility index (Phi) is 4.67. The van der Waals surface area contributed by atoms with Gasteiger partial charge in [-0.2, -0.15) is 0 Å². The van der Waals surface area contributed by atoms with Crippen LogP contribution in [0.15, 0.2) is 12.1 Å². The molecule has 2 N–H and O–H groups in total. The molecular weight excluding hydrogens is 232 g/mol. The number of carboxylic acids is 1. The van der Waals surface area contributed by atoms with Crippen LogP contribution in [0.3, 0.4) is 0 Å². The number of ether oxygens (including phenoxy) is 1. The Morgan fingerprint density at radius 2 is 2.22 bits per heavy atom. The van der Waals surface area contributed by atoms with E-state index in [4.69, 9.17) is 9.84 Å².